The standard InChI is InChI=1S/C28H35N3O/c1-27-15-13-21-19(9-12-24-28(21,2)16-14-25(32)31(24)3)20(27)10-11-23(27)30-22-8-4-6-18-7-5-17-29-26(18)22/h4-8,14,16-17,19-21,23-24,30H,9-13,15H2,1-3H3/t19-,20-,21-,23-,24+,27-,28+/m0/s1. The molecule has 2 heterocycles. The van der Waals surface area contributed by atoms with Crippen molar-refractivity contribution in [2.75, 3.05) is 12.4 Å². The second-order valence-corrected chi connectivity index (χ2v) is 11.3. The summed E-state index contributed by atoms with van der Waals surface area (Å²) in [5.41, 5.74) is 2.71. The SMILES string of the molecule is CN1C(=O)C=C[C@]2(C)[C@H]3CC[C@]4(C)[C@@H](Nc5cccc6cccnc56)CC[C@H]4[C@@H]3CC[C@@H]12. The summed E-state index contributed by atoms with van der Waals surface area (Å²) in [5.74, 6) is 2.39. The predicted molar refractivity (Wildman–Crippen MR) is 129 cm³/mol. The van der Waals surface area contributed by atoms with E-state index in [1.54, 1.807) is 0 Å². The van der Waals surface area contributed by atoms with Crippen LogP contribution in [0.25, 0.3) is 10.9 Å². The van der Waals surface area contributed by atoms with Gasteiger partial charge in [-0.3, -0.25) is 9.78 Å². The maximum atomic E-state index is 12.3. The van der Waals surface area contributed by atoms with Gasteiger partial charge in [0.1, 0.15) is 0 Å². The van der Waals surface area contributed by atoms with Crippen LogP contribution in [0.1, 0.15) is 52.4 Å². The number of benzene rings is 1. The molecule has 168 valence electrons. The zero-order chi connectivity index (χ0) is 22.1. The highest BCUT2D eigenvalue weighted by molar-refractivity contribution is 5.90. The second-order valence-electron chi connectivity index (χ2n) is 11.3. The smallest absolute Gasteiger partial charge is 0.246 e. The molecule has 1 N–H and O–H groups in total. The van der Waals surface area contributed by atoms with Crippen molar-refractivity contribution in [1.29, 1.82) is 0 Å². The Morgan fingerprint density at radius 1 is 1.03 bits per heavy atom. The number of hydrogen-bond acceptors (Lipinski definition) is 3. The van der Waals surface area contributed by atoms with Crippen LogP contribution in [0.4, 0.5) is 5.69 Å². The Labute approximate surface area is 191 Å². The number of pyridine rings is 1. The number of amides is 1. The topological polar surface area (TPSA) is 45.2 Å². The molecule has 6 rings (SSSR count). The van der Waals surface area contributed by atoms with Crippen LogP contribution in [0.2, 0.25) is 0 Å². The Balaban J connectivity index is 1.29. The van der Waals surface area contributed by atoms with Gasteiger partial charge >= 0.3 is 0 Å². The number of nitrogens with zero attached hydrogens (tertiary/aromatic N) is 2. The average molecular weight is 430 g/mol. The van der Waals surface area contributed by atoms with Crippen LogP contribution in [0.5, 0.6) is 0 Å². The first kappa shape index (κ1) is 20.3. The minimum Gasteiger partial charge on any atom is -0.380 e. The number of para-hydroxylation sites is 1. The van der Waals surface area contributed by atoms with Crippen molar-refractivity contribution < 1.29 is 4.79 Å². The minimum atomic E-state index is 0.123. The Morgan fingerprint density at radius 2 is 1.88 bits per heavy atom. The van der Waals surface area contributed by atoms with E-state index in [9.17, 15) is 4.79 Å². The molecule has 0 unspecified atom stereocenters. The van der Waals surface area contributed by atoms with Crippen LogP contribution >= 0.6 is 0 Å². The maximum absolute atomic E-state index is 12.3. The van der Waals surface area contributed by atoms with E-state index in [1.165, 1.54) is 43.2 Å². The molecule has 0 saturated heterocycles. The summed E-state index contributed by atoms with van der Waals surface area (Å²) in [4.78, 5) is 19.0. The van der Waals surface area contributed by atoms with Crippen LogP contribution in [-0.4, -0.2) is 34.9 Å². The predicted octanol–water partition coefficient (Wildman–Crippen LogP) is 5.65. The highest BCUT2D eigenvalue weighted by Gasteiger charge is 2.60. The third-order valence-corrected chi connectivity index (χ3v) is 10.1. The Bertz CT molecular complexity index is 1090. The fourth-order valence-corrected chi connectivity index (χ4v) is 8.38. The molecular weight excluding hydrogens is 394 g/mol. The molecule has 4 aliphatic rings. The molecule has 1 aromatic carbocycles. The Hall–Kier alpha value is -2.36. The number of rotatable bonds is 2. The van der Waals surface area contributed by atoms with E-state index >= 15 is 0 Å². The van der Waals surface area contributed by atoms with E-state index < -0.39 is 0 Å². The number of anilines is 1. The lowest BCUT2D eigenvalue weighted by Crippen LogP contribution is -2.60. The number of hydrogen-bond donors (Lipinski definition) is 1. The lowest BCUT2D eigenvalue weighted by atomic mass is 9.48. The van der Waals surface area contributed by atoms with Crippen molar-refractivity contribution in [3.63, 3.8) is 0 Å². The molecule has 7 atom stereocenters. The van der Waals surface area contributed by atoms with Crippen molar-refractivity contribution in [1.82, 2.24) is 9.88 Å². The van der Waals surface area contributed by atoms with Gasteiger partial charge in [0.2, 0.25) is 5.91 Å². The van der Waals surface area contributed by atoms with E-state index in [4.69, 9.17) is 0 Å². The third kappa shape index (κ3) is 2.74. The van der Waals surface area contributed by atoms with E-state index in [0.717, 1.165) is 23.8 Å². The molecule has 3 fully saturated rings. The molecule has 1 amide bonds. The van der Waals surface area contributed by atoms with Crippen LogP contribution < -0.4 is 5.32 Å². The highest BCUT2D eigenvalue weighted by Crippen LogP contribution is 2.64. The Kier molecular flexibility index (Phi) is 4.48. The van der Waals surface area contributed by atoms with Gasteiger partial charge in [0.15, 0.2) is 0 Å². The normalized spacial score (nSPS) is 40.7. The van der Waals surface area contributed by atoms with Gasteiger partial charge in [0, 0.05) is 36.1 Å². The molecular formula is C28H35N3O. The number of carbonyl (C=O) groups excluding carboxylic acids is 1. The summed E-state index contributed by atoms with van der Waals surface area (Å²) in [5, 5.41) is 5.17. The number of fused-ring (bicyclic) bond motifs is 6. The number of likely N-dealkylation sites (N-methyl/N-ethyl adjacent to an activating group) is 1. The zero-order valence-electron chi connectivity index (χ0n) is 19.6. The number of nitrogens with one attached hydrogen (secondary N) is 1. The molecule has 4 nitrogen and oxygen atoms in total. The molecule has 32 heavy (non-hydrogen) atoms. The van der Waals surface area contributed by atoms with Crippen molar-refractivity contribution in [2.24, 2.45) is 28.6 Å². The summed E-state index contributed by atoms with van der Waals surface area (Å²) in [6, 6.07) is 11.5. The summed E-state index contributed by atoms with van der Waals surface area (Å²) in [6.45, 7) is 4.99. The summed E-state index contributed by atoms with van der Waals surface area (Å²) in [7, 11) is 2.01. The highest BCUT2D eigenvalue weighted by atomic mass is 16.2. The van der Waals surface area contributed by atoms with Gasteiger partial charge in [-0.05, 0) is 79.9 Å². The summed E-state index contributed by atoms with van der Waals surface area (Å²) < 4.78 is 0. The maximum Gasteiger partial charge on any atom is 0.246 e. The molecule has 1 aromatic heterocycles. The van der Waals surface area contributed by atoms with Gasteiger partial charge in [-0.25, -0.2) is 0 Å². The van der Waals surface area contributed by atoms with E-state index in [-0.39, 0.29) is 11.3 Å². The molecule has 1 aliphatic heterocycles. The molecule has 3 saturated carbocycles. The fourth-order valence-electron chi connectivity index (χ4n) is 8.38. The first-order chi connectivity index (χ1) is 15.4. The van der Waals surface area contributed by atoms with Crippen molar-refractivity contribution in [2.45, 2.75) is 64.5 Å². The van der Waals surface area contributed by atoms with Crippen LogP contribution in [0.3, 0.4) is 0 Å². The van der Waals surface area contributed by atoms with Gasteiger partial charge in [-0.15, -0.1) is 0 Å². The first-order valence-electron chi connectivity index (χ1n) is 12.5. The first-order valence-corrected chi connectivity index (χ1v) is 12.5. The van der Waals surface area contributed by atoms with E-state index in [1.807, 2.05) is 30.3 Å². The summed E-state index contributed by atoms with van der Waals surface area (Å²) >= 11 is 0. The van der Waals surface area contributed by atoms with Crippen molar-refractivity contribution in [3.8, 4) is 0 Å². The molecule has 4 heteroatoms. The fraction of sp³-hybridized carbons (Fsp3) is 0.571. The molecule has 0 bridgehead atoms. The van der Waals surface area contributed by atoms with Gasteiger partial charge in [-0.1, -0.05) is 38.1 Å². The number of carbonyl (C=O) groups is 1. The third-order valence-electron chi connectivity index (χ3n) is 10.1. The van der Waals surface area contributed by atoms with Gasteiger partial charge in [-0.2, -0.15) is 0 Å². The Morgan fingerprint density at radius 3 is 2.75 bits per heavy atom. The number of aromatic nitrogens is 1. The van der Waals surface area contributed by atoms with Crippen LogP contribution in [0.15, 0.2) is 48.7 Å². The quantitative estimate of drug-likeness (QED) is 0.670. The molecule has 0 spiro atoms. The molecule has 2 aromatic rings. The molecule has 0 radical (unpaired) electrons. The van der Waals surface area contributed by atoms with Crippen LogP contribution in [-0.2, 0) is 4.79 Å². The van der Waals surface area contributed by atoms with Gasteiger partial charge < -0.3 is 10.2 Å². The average Bonchev–Trinajstić information content (AvgIpc) is 3.13. The second kappa shape index (κ2) is 7.07. The van der Waals surface area contributed by atoms with Crippen molar-refractivity contribution >= 4 is 22.5 Å². The van der Waals surface area contributed by atoms with Gasteiger partial charge in [0.25, 0.3) is 0 Å². The monoisotopic (exact) mass is 429 g/mol. The zero-order valence-corrected chi connectivity index (χ0v) is 19.6. The lowest BCUT2D eigenvalue weighted by molar-refractivity contribution is -0.138. The van der Waals surface area contributed by atoms with Gasteiger partial charge in [0.05, 0.1) is 11.2 Å². The van der Waals surface area contributed by atoms with Crippen molar-refractivity contribution in [3.05, 3.63) is 48.7 Å². The van der Waals surface area contributed by atoms with E-state index in [0.29, 0.717) is 23.4 Å². The lowest BCUT2D eigenvalue weighted by Gasteiger charge is -2.60. The largest absolute Gasteiger partial charge is 0.380 e. The summed E-state index contributed by atoms with van der Waals surface area (Å²) in [6.07, 6.45) is 13.5. The minimum absolute atomic E-state index is 0.123. The van der Waals surface area contributed by atoms with E-state index in [2.05, 4.69) is 54.5 Å². The molecule has 3 aliphatic carbocycles. The van der Waals surface area contributed by atoms with Crippen LogP contribution in [0, 0.1) is 28.6 Å².